The minimum Gasteiger partial charge on any atom is -0.465 e. The van der Waals surface area contributed by atoms with Gasteiger partial charge in [0.2, 0.25) is 5.89 Å². The first-order chi connectivity index (χ1) is 10.5. The van der Waals surface area contributed by atoms with Gasteiger partial charge >= 0.3 is 11.9 Å². The topological polar surface area (TPSA) is 107 Å². The Kier molecular flexibility index (Phi) is 4.59. The zero-order valence-electron chi connectivity index (χ0n) is 12.8. The monoisotopic (exact) mass is 307 g/mol. The predicted octanol–water partition coefficient (Wildman–Crippen LogP) is 1.72. The molecule has 22 heavy (non-hydrogen) atoms. The molecule has 2 rings (SSSR count). The number of H-pyrrole nitrogens is 1. The molecule has 118 valence electrons. The van der Waals surface area contributed by atoms with Crippen LogP contribution in [0.5, 0.6) is 0 Å². The molecule has 0 spiro atoms. The maximum Gasteiger partial charge on any atom is 0.355 e. The Morgan fingerprint density at radius 2 is 1.86 bits per heavy atom. The van der Waals surface area contributed by atoms with Crippen LogP contribution in [0.3, 0.4) is 0 Å². The van der Waals surface area contributed by atoms with E-state index in [0.29, 0.717) is 29.1 Å². The summed E-state index contributed by atoms with van der Waals surface area (Å²) >= 11 is 0. The fourth-order valence-electron chi connectivity index (χ4n) is 2.05. The molecule has 8 nitrogen and oxygen atoms in total. The molecule has 0 unspecified atom stereocenters. The van der Waals surface area contributed by atoms with E-state index in [9.17, 15) is 9.59 Å². The molecular weight excluding hydrogens is 290 g/mol. The van der Waals surface area contributed by atoms with Gasteiger partial charge in [-0.15, -0.1) is 10.2 Å². The highest BCUT2D eigenvalue weighted by molar-refractivity contribution is 5.98. The summed E-state index contributed by atoms with van der Waals surface area (Å²) in [4.78, 5) is 26.6. The molecule has 0 saturated carbocycles. The minimum atomic E-state index is -0.605. The molecule has 8 heteroatoms. The summed E-state index contributed by atoms with van der Waals surface area (Å²) in [6, 6.07) is 0. The van der Waals surface area contributed by atoms with E-state index in [2.05, 4.69) is 15.2 Å². The highest BCUT2D eigenvalue weighted by atomic mass is 16.5. The molecule has 2 aromatic heterocycles. The SMILES string of the molecule is CCc1nnc(COC(=O)c2[nH]c(C)c(C(=O)OC)c2C)o1. The molecule has 0 aromatic carbocycles. The second-order valence-corrected chi connectivity index (χ2v) is 4.64. The number of aryl methyl sites for hydroxylation is 2. The normalized spacial score (nSPS) is 10.5. The number of esters is 2. The van der Waals surface area contributed by atoms with Crippen LogP contribution in [0, 0.1) is 13.8 Å². The van der Waals surface area contributed by atoms with Crippen molar-refractivity contribution >= 4 is 11.9 Å². The summed E-state index contributed by atoms with van der Waals surface area (Å²) in [6.07, 6.45) is 0.609. The van der Waals surface area contributed by atoms with Crippen LogP contribution in [0.25, 0.3) is 0 Å². The van der Waals surface area contributed by atoms with Gasteiger partial charge in [-0.25, -0.2) is 9.59 Å². The lowest BCUT2D eigenvalue weighted by Gasteiger charge is -2.02. The van der Waals surface area contributed by atoms with E-state index in [-0.39, 0.29) is 18.2 Å². The number of hydrogen-bond donors (Lipinski definition) is 1. The van der Waals surface area contributed by atoms with Crippen molar-refractivity contribution in [3.63, 3.8) is 0 Å². The van der Waals surface area contributed by atoms with Crippen molar-refractivity contribution in [2.75, 3.05) is 7.11 Å². The lowest BCUT2D eigenvalue weighted by molar-refractivity contribution is 0.0429. The predicted molar refractivity (Wildman–Crippen MR) is 74.4 cm³/mol. The third-order valence-corrected chi connectivity index (χ3v) is 3.17. The molecule has 0 saturated heterocycles. The van der Waals surface area contributed by atoms with E-state index in [0.717, 1.165) is 0 Å². The number of aromatic nitrogens is 3. The average Bonchev–Trinajstić information content (AvgIpc) is 3.08. The molecule has 0 fully saturated rings. The van der Waals surface area contributed by atoms with E-state index >= 15 is 0 Å². The number of nitrogens with zero attached hydrogens (tertiary/aromatic N) is 2. The molecule has 0 radical (unpaired) electrons. The first kappa shape index (κ1) is 15.7. The van der Waals surface area contributed by atoms with Crippen LogP contribution in [-0.2, 0) is 22.5 Å². The summed E-state index contributed by atoms with van der Waals surface area (Å²) in [5.41, 5.74) is 1.56. The Balaban J connectivity index is 2.11. The van der Waals surface area contributed by atoms with E-state index in [1.54, 1.807) is 13.8 Å². The number of rotatable bonds is 5. The van der Waals surface area contributed by atoms with Crippen molar-refractivity contribution in [2.24, 2.45) is 0 Å². The summed E-state index contributed by atoms with van der Waals surface area (Å²) in [5.74, 6) is -0.410. The quantitative estimate of drug-likeness (QED) is 0.838. The highest BCUT2D eigenvalue weighted by Crippen LogP contribution is 2.20. The third-order valence-electron chi connectivity index (χ3n) is 3.17. The van der Waals surface area contributed by atoms with Crippen molar-refractivity contribution in [3.05, 3.63) is 34.3 Å². The lowest BCUT2D eigenvalue weighted by Crippen LogP contribution is -2.08. The Hall–Kier alpha value is -2.64. The standard InChI is InChI=1S/C14H17N3O5/c1-5-9-16-17-10(22-9)6-21-14(19)12-7(2)11(8(3)15-12)13(18)20-4/h15H,5-6H2,1-4H3. The summed E-state index contributed by atoms with van der Waals surface area (Å²) in [6.45, 7) is 5.08. The van der Waals surface area contributed by atoms with Gasteiger partial charge in [-0.1, -0.05) is 6.92 Å². The minimum absolute atomic E-state index is 0.128. The van der Waals surface area contributed by atoms with E-state index in [1.165, 1.54) is 7.11 Å². The molecule has 0 aliphatic carbocycles. The van der Waals surface area contributed by atoms with Crippen LogP contribution >= 0.6 is 0 Å². The number of carbonyl (C=O) groups is 2. The summed E-state index contributed by atoms with van der Waals surface area (Å²) < 4.78 is 15.1. The number of aromatic amines is 1. The van der Waals surface area contributed by atoms with Gasteiger partial charge in [0, 0.05) is 12.1 Å². The third kappa shape index (κ3) is 3.00. The summed E-state index contributed by atoms with van der Waals surface area (Å²) in [7, 11) is 1.28. The highest BCUT2D eigenvalue weighted by Gasteiger charge is 2.23. The van der Waals surface area contributed by atoms with Crippen molar-refractivity contribution in [2.45, 2.75) is 33.8 Å². The van der Waals surface area contributed by atoms with Gasteiger partial charge in [-0.05, 0) is 19.4 Å². The van der Waals surface area contributed by atoms with Crippen molar-refractivity contribution in [1.29, 1.82) is 0 Å². The van der Waals surface area contributed by atoms with Crippen LogP contribution in [0.1, 0.15) is 50.8 Å². The lowest BCUT2D eigenvalue weighted by atomic mass is 10.1. The largest absolute Gasteiger partial charge is 0.465 e. The van der Waals surface area contributed by atoms with Crippen molar-refractivity contribution in [1.82, 2.24) is 15.2 Å². The number of methoxy groups -OCH3 is 1. The van der Waals surface area contributed by atoms with Crippen LogP contribution in [-0.4, -0.2) is 34.2 Å². The second-order valence-electron chi connectivity index (χ2n) is 4.64. The molecule has 1 N–H and O–H groups in total. The Labute approximate surface area is 126 Å². The molecule has 0 amide bonds. The zero-order valence-corrected chi connectivity index (χ0v) is 12.8. The molecular formula is C14H17N3O5. The van der Waals surface area contributed by atoms with E-state index in [4.69, 9.17) is 13.9 Å². The average molecular weight is 307 g/mol. The van der Waals surface area contributed by atoms with Crippen LogP contribution in [0.4, 0.5) is 0 Å². The fraction of sp³-hybridized carbons (Fsp3) is 0.429. The van der Waals surface area contributed by atoms with Crippen LogP contribution in [0.15, 0.2) is 4.42 Å². The van der Waals surface area contributed by atoms with E-state index < -0.39 is 11.9 Å². The van der Waals surface area contributed by atoms with Gasteiger partial charge in [-0.3, -0.25) is 0 Å². The summed E-state index contributed by atoms with van der Waals surface area (Å²) in [5, 5.41) is 7.54. The van der Waals surface area contributed by atoms with Gasteiger partial charge in [0.05, 0.1) is 12.7 Å². The molecule has 2 aromatic rings. The Morgan fingerprint density at radius 1 is 1.18 bits per heavy atom. The number of hydrogen-bond acceptors (Lipinski definition) is 7. The van der Waals surface area contributed by atoms with Crippen LogP contribution < -0.4 is 0 Å². The van der Waals surface area contributed by atoms with Gasteiger partial charge in [0.1, 0.15) is 5.69 Å². The first-order valence-electron chi connectivity index (χ1n) is 6.73. The van der Waals surface area contributed by atoms with Gasteiger partial charge < -0.3 is 18.9 Å². The first-order valence-corrected chi connectivity index (χ1v) is 6.73. The molecule has 0 bridgehead atoms. The number of nitrogens with one attached hydrogen (secondary N) is 1. The number of carbonyl (C=O) groups excluding carboxylic acids is 2. The smallest absolute Gasteiger partial charge is 0.355 e. The molecule has 0 aliphatic heterocycles. The molecule has 2 heterocycles. The Morgan fingerprint density at radius 3 is 2.45 bits per heavy atom. The fourth-order valence-corrected chi connectivity index (χ4v) is 2.05. The maximum atomic E-state index is 12.1. The van der Waals surface area contributed by atoms with Gasteiger partial charge in [-0.2, -0.15) is 0 Å². The van der Waals surface area contributed by atoms with Gasteiger partial charge in [0.25, 0.3) is 5.89 Å². The van der Waals surface area contributed by atoms with Crippen molar-refractivity contribution in [3.8, 4) is 0 Å². The number of ether oxygens (including phenoxy) is 2. The zero-order chi connectivity index (χ0) is 16.3. The van der Waals surface area contributed by atoms with Gasteiger partial charge in [0.15, 0.2) is 6.61 Å². The maximum absolute atomic E-state index is 12.1. The Bertz CT molecular complexity index is 701. The second kappa shape index (κ2) is 6.42. The van der Waals surface area contributed by atoms with Crippen LogP contribution in [0.2, 0.25) is 0 Å². The van der Waals surface area contributed by atoms with Crippen molar-refractivity contribution < 1.29 is 23.5 Å². The molecule has 0 atom stereocenters. The molecule has 0 aliphatic rings. The van der Waals surface area contributed by atoms with E-state index in [1.807, 2.05) is 6.92 Å².